The number of aldehydes is 1. The van der Waals surface area contributed by atoms with Gasteiger partial charge in [-0.25, -0.2) is 4.79 Å². The van der Waals surface area contributed by atoms with E-state index in [1.165, 1.54) is 0 Å². The first-order valence-electron chi connectivity index (χ1n) is 3.52. The summed E-state index contributed by atoms with van der Waals surface area (Å²) in [6.45, 7) is 1.76. The summed E-state index contributed by atoms with van der Waals surface area (Å²) >= 11 is 0. The van der Waals surface area contributed by atoms with E-state index < -0.39 is 12.2 Å². The van der Waals surface area contributed by atoms with Crippen molar-refractivity contribution in [3.8, 4) is 12.3 Å². The predicted molar refractivity (Wildman–Crippen MR) is 43.5 cm³/mol. The van der Waals surface area contributed by atoms with Gasteiger partial charge in [0.25, 0.3) is 0 Å². The van der Waals surface area contributed by atoms with Crippen molar-refractivity contribution in [1.29, 1.82) is 0 Å². The fourth-order valence-corrected chi connectivity index (χ4v) is 0.531. The number of amides is 1. The van der Waals surface area contributed by atoms with Crippen LogP contribution < -0.4 is 5.32 Å². The van der Waals surface area contributed by atoms with Crippen molar-refractivity contribution in [2.45, 2.75) is 19.4 Å². The van der Waals surface area contributed by atoms with Crippen LogP contribution in [0.1, 0.15) is 13.3 Å². The Morgan fingerprint density at radius 1 is 1.83 bits per heavy atom. The Balaban J connectivity index is 3.55. The van der Waals surface area contributed by atoms with Crippen molar-refractivity contribution in [1.82, 2.24) is 5.32 Å². The van der Waals surface area contributed by atoms with Crippen LogP contribution in [0.3, 0.4) is 0 Å². The van der Waals surface area contributed by atoms with E-state index in [1.54, 1.807) is 6.92 Å². The number of ether oxygens (including phenoxy) is 1. The van der Waals surface area contributed by atoms with E-state index in [9.17, 15) is 9.59 Å². The van der Waals surface area contributed by atoms with Crippen LogP contribution in [0.5, 0.6) is 0 Å². The van der Waals surface area contributed by atoms with E-state index in [-0.39, 0.29) is 13.0 Å². The molecule has 66 valence electrons. The highest BCUT2D eigenvalue weighted by Crippen LogP contribution is 1.93. The Morgan fingerprint density at radius 2 is 2.50 bits per heavy atom. The topological polar surface area (TPSA) is 55.4 Å². The van der Waals surface area contributed by atoms with Gasteiger partial charge in [-0.3, -0.25) is 0 Å². The maximum atomic E-state index is 10.7. The standard InChI is InChI=1S/C8H11NO3/c1-3-5-9-8(11)12-7(2)4-6-10/h1,6-7H,4-5H2,2H3,(H,9,11). The molecule has 0 radical (unpaired) electrons. The van der Waals surface area contributed by atoms with Gasteiger partial charge in [0.05, 0.1) is 6.54 Å². The number of hydrogen-bond acceptors (Lipinski definition) is 3. The number of hydrogen-bond donors (Lipinski definition) is 1. The van der Waals surface area contributed by atoms with Crippen molar-refractivity contribution in [3.05, 3.63) is 0 Å². The van der Waals surface area contributed by atoms with Crippen LogP contribution in [0, 0.1) is 12.3 Å². The zero-order valence-electron chi connectivity index (χ0n) is 6.87. The molecule has 1 atom stereocenters. The Hall–Kier alpha value is -1.50. The van der Waals surface area contributed by atoms with Gasteiger partial charge in [0.1, 0.15) is 12.4 Å². The normalized spacial score (nSPS) is 11.0. The van der Waals surface area contributed by atoms with E-state index in [0.717, 1.165) is 0 Å². The summed E-state index contributed by atoms with van der Waals surface area (Å²) < 4.78 is 4.72. The van der Waals surface area contributed by atoms with Gasteiger partial charge in [0, 0.05) is 6.42 Å². The number of rotatable bonds is 4. The molecule has 0 aromatic carbocycles. The summed E-state index contributed by atoms with van der Waals surface area (Å²) in [5, 5.41) is 2.31. The van der Waals surface area contributed by atoms with Crippen LogP contribution in [-0.2, 0) is 9.53 Å². The fraction of sp³-hybridized carbons (Fsp3) is 0.500. The molecule has 0 aliphatic rings. The van der Waals surface area contributed by atoms with Crippen molar-refractivity contribution in [2.75, 3.05) is 6.54 Å². The highest BCUT2D eigenvalue weighted by Gasteiger charge is 2.06. The minimum Gasteiger partial charge on any atom is -0.446 e. The third-order valence-corrected chi connectivity index (χ3v) is 1.07. The molecule has 0 spiro atoms. The van der Waals surface area contributed by atoms with Crippen LogP contribution in [-0.4, -0.2) is 25.0 Å². The summed E-state index contributed by atoms with van der Waals surface area (Å²) in [4.78, 5) is 20.7. The number of carbonyl (C=O) groups excluding carboxylic acids is 2. The smallest absolute Gasteiger partial charge is 0.408 e. The molecule has 0 aliphatic carbocycles. The van der Waals surface area contributed by atoms with Gasteiger partial charge in [-0.2, -0.15) is 0 Å². The number of carbonyl (C=O) groups is 2. The Labute approximate surface area is 71.3 Å². The third-order valence-electron chi connectivity index (χ3n) is 1.07. The van der Waals surface area contributed by atoms with Gasteiger partial charge in [0.2, 0.25) is 0 Å². The highest BCUT2D eigenvalue weighted by atomic mass is 16.6. The first kappa shape index (κ1) is 10.5. The molecule has 0 aromatic heterocycles. The van der Waals surface area contributed by atoms with Crippen LogP contribution in [0.25, 0.3) is 0 Å². The monoisotopic (exact) mass is 169 g/mol. The molecule has 0 fully saturated rings. The summed E-state index contributed by atoms with van der Waals surface area (Å²) in [6, 6.07) is 0. The molecule has 0 rings (SSSR count). The number of nitrogens with one attached hydrogen (secondary N) is 1. The zero-order valence-corrected chi connectivity index (χ0v) is 6.87. The molecule has 0 heterocycles. The zero-order chi connectivity index (χ0) is 9.40. The SMILES string of the molecule is C#CCNC(=O)OC(C)CC=O. The van der Waals surface area contributed by atoms with Gasteiger partial charge in [-0.15, -0.1) is 6.42 Å². The van der Waals surface area contributed by atoms with Crippen LogP contribution >= 0.6 is 0 Å². The van der Waals surface area contributed by atoms with E-state index in [2.05, 4.69) is 11.2 Å². The first-order valence-corrected chi connectivity index (χ1v) is 3.52. The predicted octanol–water partition coefficient (Wildman–Crippen LogP) is 0.323. The molecule has 0 bridgehead atoms. The quantitative estimate of drug-likeness (QED) is 0.487. The Morgan fingerprint density at radius 3 is 3.00 bits per heavy atom. The second-order valence-corrected chi connectivity index (χ2v) is 2.18. The van der Waals surface area contributed by atoms with Crippen molar-refractivity contribution < 1.29 is 14.3 Å². The third kappa shape index (κ3) is 5.30. The molecule has 0 saturated heterocycles. The van der Waals surface area contributed by atoms with E-state index in [1.807, 2.05) is 0 Å². The highest BCUT2D eigenvalue weighted by molar-refractivity contribution is 5.68. The average molecular weight is 169 g/mol. The van der Waals surface area contributed by atoms with E-state index in [4.69, 9.17) is 11.2 Å². The minimum absolute atomic E-state index is 0.132. The molecule has 1 unspecified atom stereocenters. The second-order valence-electron chi connectivity index (χ2n) is 2.18. The molecule has 0 aromatic rings. The molecular formula is C8H11NO3. The molecule has 1 N–H and O–H groups in total. The van der Waals surface area contributed by atoms with Gasteiger partial charge in [-0.05, 0) is 6.92 Å². The average Bonchev–Trinajstić information content (AvgIpc) is 2.01. The summed E-state index contributed by atoms with van der Waals surface area (Å²) in [5.41, 5.74) is 0. The Bertz CT molecular complexity index is 195. The second kappa shape index (κ2) is 6.23. The van der Waals surface area contributed by atoms with Crippen LogP contribution in [0.2, 0.25) is 0 Å². The Kier molecular flexibility index (Phi) is 5.45. The lowest BCUT2D eigenvalue weighted by molar-refractivity contribution is -0.109. The maximum absolute atomic E-state index is 10.7. The lowest BCUT2D eigenvalue weighted by Crippen LogP contribution is -2.28. The van der Waals surface area contributed by atoms with E-state index in [0.29, 0.717) is 6.29 Å². The summed E-state index contributed by atoms with van der Waals surface area (Å²) in [7, 11) is 0. The van der Waals surface area contributed by atoms with Gasteiger partial charge < -0.3 is 14.8 Å². The van der Waals surface area contributed by atoms with Crippen LogP contribution in [0.4, 0.5) is 4.79 Å². The molecule has 12 heavy (non-hydrogen) atoms. The van der Waals surface area contributed by atoms with Gasteiger partial charge >= 0.3 is 6.09 Å². The van der Waals surface area contributed by atoms with Gasteiger partial charge in [-0.1, -0.05) is 5.92 Å². The molecular weight excluding hydrogens is 158 g/mol. The lowest BCUT2D eigenvalue weighted by Gasteiger charge is -2.09. The molecule has 4 nitrogen and oxygen atoms in total. The molecule has 4 heteroatoms. The lowest BCUT2D eigenvalue weighted by atomic mass is 10.3. The van der Waals surface area contributed by atoms with Crippen molar-refractivity contribution in [2.24, 2.45) is 0 Å². The van der Waals surface area contributed by atoms with Gasteiger partial charge in [0.15, 0.2) is 0 Å². The number of terminal acetylenes is 1. The molecule has 0 aliphatic heterocycles. The van der Waals surface area contributed by atoms with Crippen LogP contribution in [0.15, 0.2) is 0 Å². The number of alkyl carbamates (subject to hydrolysis) is 1. The molecule has 1 amide bonds. The maximum Gasteiger partial charge on any atom is 0.408 e. The first-order chi connectivity index (χ1) is 5.70. The summed E-state index contributed by atoms with van der Waals surface area (Å²) in [6.07, 6.45) is 4.78. The van der Waals surface area contributed by atoms with E-state index >= 15 is 0 Å². The van der Waals surface area contributed by atoms with Crippen molar-refractivity contribution in [3.63, 3.8) is 0 Å². The largest absolute Gasteiger partial charge is 0.446 e. The van der Waals surface area contributed by atoms with Crippen molar-refractivity contribution >= 4 is 12.4 Å². The minimum atomic E-state index is -0.595. The summed E-state index contributed by atoms with van der Waals surface area (Å²) in [5.74, 6) is 2.22. The molecule has 0 saturated carbocycles. The fourth-order valence-electron chi connectivity index (χ4n) is 0.531.